The molecule has 1 aromatic rings. The molecular weight excluding hydrogens is 246 g/mol. The summed E-state index contributed by atoms with van der Waals surface area (Å²) in [4.78, 5) is 12.3. The number of nitrogens with two attached hydrogens (primary N) is 1. The highest BCUT2D eigenvalue weighted by molar-refractivity contribution is 7.19. The normalized spacial score (nSPS) is 15.6. The predicted molar refractivity (Wildman–Crippen MR) is 73.9 cm³/mol. The number of hydrogen-bond acceptors (Lipinski definition) is 5. The van der Waals surface area contributed by atoms with Crippen molar-refractivity contribution in [3.05, 3.63) is 10.4 Å². The second kappa shape index (κ2) is 5.40. The van der Waals surface area contributed by atoms with Crippen LogP contribution in [0.1, 0.15) is 54.3 Å². The Labute approximate surface area is 111 Å². The van der Waals surface area contributed by atoms with Crippen molar-refractivity contribution in [1.29, 1.82) is 5.26 Å². The average Bonchev–Trinajstić information content (AvgIpc) is 2.97. The second-order valence-corrected chi connectivity index (χ2v) is 5.58. The van der Waals surface area contributed by atoms with Crippen LogP contribution in [-0.2, 0) is 0 Å². The molecule has 0 saturated heterocycles. The van der Waals surface area contributed by atoms with Crippen molar-refractivity contribution in [2.75, 3.05) is 11.1 Å². The first-order chi connectivity index (χ1) is 8.67. The van der Waals surface area contributed by atoms with Gasteiger partial charge >= 0.3 is 0 Å². The lowest BCUT2D eigenvalue weighted by molar-refractivity contribution is 0.0993. The predicted octanol–water partition coefficient (Wildman–Crippen LogP) is 3.15. The summed E-state index contributed by atoms with van der Waals surface area (Å²) in [5.74, 6) is 0.00784. The third kappa shape index (κ3) is 2.34. The van der Waals surface area contributed by atoms with Crippen LogP contribution in [0.5, 0.6) is 0 Å². The molecule has 1 saturated carbocycles. The number of anilines is 2. The summed E-state index contributed by atoms with van der Waals surface area (Å²) in [7, 11) is 0. The van der Waals surface area contributed by atoms with E-state index in [9.17, 15) is 4.79 Å². The molecule has 1 fully saturated rings. The summed E-state index contributed by atoms with van der Waals surface area (Å²) in [5, 5.41) is 13.3. The number of carbonyl (C=O) groups excluding carboxylic acids is 1. The van der Waals surface area contributed by atoms with Crippen molar-refractivity contribution in [2.24, 2.45) is 0 Å². The van der Waals surface area contributed by atoms with Crippen LogP contribution < -0.4 is 11.1 Å². The molecule has 1 aromatic heterocycles. The molecule has 5 heteroatoms. The molecule has 0 spiro atoms. The number of nitrogens with one attached hydrogen (secondary N) is 1. The number of nitrogen functional groups attached to an aromatic ring is 1. The van der Waals surface area contributed by atoms with Gasteiger partial charge in [-0.2, -0.15) is 5.26 Å². The van der Waals surface area contributed by atoms with Gasteiger partial charge in [0.15, 0.2) is 5.78 Å². The van der Waals surface area contributed by atoms with Crippen molar-refractivity contribution in [1.82, 2.24) is 0 Å². The van der Waals surface area contributed by atoms with Gasteiger partial charge in [-0.3, -0.25) is 4.79 Å². The number of nitrogens with zero attached hydrogens (tertiary/aromatic N) is 1. The van der Waals surface area contributed by atoms with Crippen LogP contribution >= 0.6 is 11.3 Å². The molecule has 96 valence electrons. The van der Waals surface area contributed by atoms with E-state index in [1.807, 2.05) is 0 Å². The van der Waals surface area contributed by atoms with Crippen LogP contribution in [0.3, 0.4) is 0 Å². The summed E-state index contributed by atoms with van der Waals surface area (Å²) in [5.41, 5.74) is 6.67. The van der Waals surface area contributed by atoms with Gasteiger partial charge in [0.25, 0.3) is 0 Å². The van der Waals surface area contributed by atoms with Crippen LogP contribution in [-0.4, -0.2) is 11.8 Å². The highest BCUT2D eigenvalue weighted by Gasteiger charge is 2.23. The van der Waals surface area contributed by atoms with Crippen LogP contribution in [0.4, 0.5) is 10.7 Å². The van der Waals surface area contributed by atoms with Gasteiger partial charge in [-0.05, 0) is 12.8 Å². The number of hydrogen-bond donors (Lipinski definition) is 2. The summed E-state index contributed by atoms with van der Waals surface area (Å²) >= 11 is 1.32. The number of Topliss-reactive ketones (excluding diaryl/α,β-unsaturated/α-hetero) is 1. The monoisotopic (exact) mass is 263 g/mol. The lowest BCUT2D eigenvalue weighted by Gasteiger charge is -2.11. The molecular formula is C13H17N3OS. The molecule has 0 amide bonds. The molecule has 0 aromatic carbocycles. The SMILES string of the molecule is CCC(=O)c1sc(NC2CCCC2)c(C#N)c1N. The number of ketones is 1. The third-order valence-electron chi connectivity index (χ3n) is 3.32. The van der Waals surface area contributed by atoms with Crippen LogP contribution in [0.15, 0.2) is 0 Å². The molecule has 18 heavy (non-hydrogen) atoms. The largest absolute Gasteiger partial charge is 0.396 e. The van der Waals surface area contributed by atoms with Crippen LogP contribution in [0, 0.1) is 11.3 Å². The Morgan fingerprint density at radius 2 is 2.22 bits per heavy atom. The van der Waals surface area contributed by atoms with Gasteiger partial charge in [0.2, 0.25) is 0 Å². The Hall–Kier alpha value is -1.54. The minimum Gasteiger partial charge on any atom is -0.396 e. The quantitative estimate of drug-likeness (QED) is 0.818. The summed E-state index contributed by atoms with van der Waals surface area (Å²) in [6.07, 6.45) is 5.11. The van der Waals surface area contributed by atoms with Gasteiger partial charge in [0.05, 0.1) is 10.6 Å². The standard InChI is InChI=1S/C13H17N3OS/c1-2-10(17)12-11(15)9(7-14)13(18-12)16-8-5-3-4-6-8/h8,16H,2-6,15H2,1H3. The van der Waals surface area contributed by atoms with E-state index in [1.54, 1.807) is 6.92 Å². The molecule has 1 aliphatic rings. The zero-order valence-electron chi connectivity index (χ0n) is 10.5. The number of nitriles is 1. The Kier molecular flexibility index (Phi) is 3.87. The first-order valence-corrected chi connectivity index (χ1v) is 7.11. The van der Waals surface area contributed by atoms with Gasteiger partial charge in [0.1, 0.15) is 16.6 Å². The second-order valence-electron chi connectivity index (χ2n) is 4.56. The van der Waals surface area contributed by atoms with Gasteiger partial charge < -0.3 is 11.1 Å². The smallest absolute Gasteiger partial charge is 0.174 e. The summed E-state index contributed by atoms with van der Waals surface area (Å²) < 4.78 is 0. The highest BCUT2D eigenvalue weighted by atomic mass is 32.1. The van der Waals surface area contributed by atoms with E-state index in [0.29, 0.717) is 28.6 Å². The molecule has 4 nitrogen and oxygen atoms in total. The van der Waals surface area contributed by atoms with E-state index in [0.717, 1.165) is 17.8 Å². The van der Waals surface area contributed by atoms with E-state index in [2.05, 4.69) is 11.4 Å². The first kappa shape index (κ1) is 12.9. The lowest BCUT2D eigenvalue weighted by atomic mass is 10.2. The Morgan fingerprint density at radius 3 is 2.78 bits per heavy atom. The van der Waals surface area contributed by atoms with Crippen molar-refractivity contribution in [3.8, 4) is 6.07 Å². The minimum absolute atomic E-state index is 0.00784. The maximum atomic E-state index is 11.7. The fraction of sp³-hybridized carbons (Fsp3) is 0.538. The van der Waals surface area contributed by atoms with Crippen LogP contribution in [0.25, 0.3) is 0 Å². The Bertz CT molecular complexity index is 495. The van der Waals surface area contributed by atoms with Crippen molar-refractivity contribution >= 4 is 27.8 Å². The van der Waals surface area contributed by atoms with Gasteiger partial charge in [0, 0.05) is 12.5 Å². The van der Waals surface area contributed by atoms with E-state index in [-0.39, 0.29) is 5.78 Å². The van der Waals surface area contributed by atoms with E-state index >= 15 is 0 Å². The third-order valence-corrected chi connectivity index (χ3v) is 4.50. The van der Waals surface area contributed by atoms with E-state index < -0.39 is 0 Å². The molecule has 0 unspecified atom stereocenters. The zero-order chi connectivity index (χ0) is 13.1. The molecule has 2 rings (SSSR count). The fourth-order valence-corrected chi connectivity index (χ4v) is 3.44. The maximum Gasteiger partial charge on any atom is 0.174 e. The fourth-order valence-electron chi connectivity index (χ4n) is 2.28. The van der Waals surface area contributed by atoms with Crippen molar-refractivity contribution < 1.29 is 4.79 Å². The topological polar surface area (TPSA) is 78.9 Å². The average molecular weight is 263 g/mol. The van der Waals surface area contributed by atoms with Crippen molar-refractivity contribution in [3.63, 3.8) is 0 Å². The number of carbonyl (C=O) groups is 1. The van der Waals surface area contributed by atoms with Crippen LogP contribution in [0.2, 0.25) is 0 Å². The van der Waals surface area contributed by atoms with Crippen molar-refractivity contribution in [2.45, 2.75) is 45.1 Å². The molecule has 0 aliphatic heterocycles. The molecule has 0 atom stereocenters. The lowest BCUT2D eigenvalue weighted by Crippen LogP contribution is -2.14. The molecule has 0 bridgehead atoms. The van der Waals surface area contributed by atoms with E-state index in [1.165, 1.54) is 24.2 Å². The van der Waals surface area contributed by atoms with E-state index in [4.69, 9.17) is 11.0 Å². The van der Waals surface area contributed by atoms with Gasteiger partial charge in [-0.25, -0.2) is 0 Å². The molecule has 0 radical (unpaired) electrons. The minimum atomic E-state index is 0.00784. The number of thiophene rings is 1. The van der Waals surface area contributed by atoms with Gasteiger partial charge in [-0.15, -0.1) is 11.3 Å². The summed E-state index contributed by atoms with van der Waals surface area (Å²) in [6.45, 7) is 1.80. The highest BCUT2D eigenvalue weighted by Crippen LogP contribution is 2.37. The first-order valence-electron chi connectivity index (χ1n) is 6.29. The number of rotatable bonds is 4. The molecule has 1 aliphatic carbocycles. The van der Waals surface area contributed by atoms with Gasteiger partial charge in [-0.1, -0.05) is 19.8 Å². The zero-order valence-corrected chi connectivity index (χ0v) is 11.3. The summed E-state index contributed by atoms with van der Waals surface area (Å²) in [6, 6.07) is 2.52. The molecule has 3 N–H and O–H groups in total. The molecule has 1 heterocycles. The maximum absolute atomic E-state index is 11.7. The Morgan fingerprint density at radius 1 is 1.56 bits per heavy atom. The Balaban J connectivity index is 2.29.